The van der Waals surface area contributed by atoms with Gasteiger partial charge in [0.2, 0.25) is 0 Å². The molecular weight excluding hydrogens is 156 g/mol. The molecule has 0 aromatic carbocycles. The maximum atomic E-state index is 10.9. The summed E-state index contributed by atoms with van der Waals surface area (Å²) in [6.07, 6.45) is 1.16. The molecule has 0 heterocycles. The second-order valence-electron chi connectivity index (χ2n) is 3.80. The summed E-state index contributed by atoms with van der Waals surface area (Å²) in [6, 6.07) is 0. The first-order valence-electron chi connectivity index (χ1n) is 4.33. The summed E-state index contributed by atoms with van der Waals surface area (Å²) in [5, 5.41) is 9.54. The molecular formula is C9H16O3. The summed E-state index contributed by atoms with van der Waals surface area (Å²) in [7, 11) is 0. The van der Waals surface area contributed by atoms with Crippen LogP contribution in [-0.2, 0) is 9.53 Å². The molecule has 1 aliphatic carbocycles. The monoisotopic (exact) mass is 172 g/mol. The van der Waals surface area contributed by atoms with Crippen molar-refractivity contribution < 1.29 is 14.6 Å². The third kappa shape index (κ3) is 1.84. The summed E-state index contributed by atoms with van der Waals surface area (Å²) in [5.74, 6) is -0.147. The van der Waals surface area contributed by atoms with Crippen molar-refractivity contribution in [1.29, 1.82) is 0 Å². The van der Waals surface area contributed by atoms with E-state index in [4.69, 9.17) is 4.74 Å². The van der Waals surface area contributed by atoms with Crippen LogP contribution in [-0.4, -0.2) is 28.7 Å². The van der Waals surface area contributed by atoms with Gasteiger partial charge in [-0.2, -0.15) is 0 Å². The van der Waals surface area contributed by atoms with Gasteiger partial charge in [0.25, 0.3) is 0 Å². The molecule has 12 heavy (non-hydrogen) atoms. The van der Waals surface area contributed by atoms with Crippen LogP contribution in [0.1, 0.15) is 33.6 Å². The van der Waals surface area contributed by atoms with Gasteiger partial charge < -0.3 is 9.84 Å². The lowest BCUT2D eigenvalue weighted by atomic mass is 9.75. The van der Waals surface area contributed by atoms with Gasteiger partial charge in [-0.15, -0.1) is 0 Å². The molecule has 1 aliphatic rings. The van der Waals surface area contributed by atoms with E-state index in [-0.39, 0.29) is 18.0 Å². The van der Waals surface area contributed by atoms with Crippen molar-refractivity contribution in [2.75, 3.05) is 0 Å². The van der Waals surface area contributed by atoms with Gasteiger partial charge in [0.05, 0.1) is 12.2 Å². The highest BCUT2D eigenvalue weighted by Gasteiger charge is 2.47. The summed E-state index contributed by atoms with van der Waals surface area (Å²) in [6.45, 7) is 5.32. The Balaban J connectivity index is 2.32. The molecule has 0 spiro atoms. The molecule has 0 radical (unpaired) electrons. The van der Waals surface area contributed by atoms with Crippen molar-refractivity contribution in [3.05, 3.63) is 0 Å². The largest absolute Gasteiger partial charge is 0.382 e. The van der Waals surface area contributed by atoms with Crippen molar-refractivity contribution in [2.45, 2.75) is 51.4 Å². The molecule has 0 atom stereocenters. The zero-order valence-electron chi connectivity index (χ0n) is 7.83. The predicted octanol–water partition coefficient (Wildman–Crippen LogP) is 0.894. The number of rotatable bonds is 3. The molecule has 3 nitrogen and oxygen atoms in total. The molecule has 70 valence electrons. The molecule has 0 aromatic heterocycles. The van der Waals surface area contributed by atoms with Gasteiger partial charge in [0, 0.05) is 12.8 Å². The van der Waals surface area contributed by atoms with E-state index in [0.29, 0.717) is 12.8 Å². The Labute approximate surface area is 72.7 Å². The lowest BCUT2D eigenvalue weighted by molar-refractivity contribution is -0.172. The van der Waals surface area contributed by atoms with Crippen LogP contribution in [0, 0.1) is 0 Å². The summed E-state index contributed by atoms with van der Waals surface area (Å²) in [4.78, 5) is 10.9. The average Bonchev–Trinajstić information content (AvgIpc) is 1.82. The van der Waals surface area contributed by atoms with Crippen molar-refractivity contribution in [1.82, 2.24) is 0 Å². The standard InChI is InChI=1S/C9H16O3/c1-6(2)12-8-4-9(11,5-8)7(3)10/h6,8,11H,4-5H2,1-3H3. The second kappa shape index (κ2) is 3.15. The van der Waals surface area contributed by atoms with E-state index in [2.05, 4.69) is 0 Å². The fraction of sp³-hybridized carbons (Fsp3) is 0.889. The number of carbonyl (C=O) groups excluding carboxylic acids is 1. The quantitative estimate of drug-likeness (QED) is 0.687. The molecule has 0 saturated heterocycles. The Hall–Kier alpha value is -0.410. The van der Waals surface area contributed by atoms with Gasteiger partial charge in [-0.3, -0.25) is 4.79 Å². The molecule has 1 saturated carbocycles. The van der Waals surface area contributed by atoms with Crippen LogP contribution < -0.4 is 0 Å². The van der Waals surface area contributed by atoms with Gasteiger partial charge in [-0.1, -0.05) is 0 Å². The molecule has 1 rings (SSSR count). The van der Waals surface area contributed by atoms with E-state index in [1.165, 1.54) is 6.92 Å². The first kappa shape index (κ1) is 9.68. The summed E-state index contributed by atoms with van der Waals surface area (Å²) < 4.78 is 5.42. The Kier molecular flexibility index (Phi) is 2.54. The highest BCUT2D eigenvalue weighted by Crippen LogP contribution is 2.35. The van der Waals surface area contributed by atoms with Gasteiger partial charge in [-0.05, 0) is 20.8 Å². The number of aliphatic hydroxyl groups is 1. The number of hydrogen-bond donors (Lipinski definition) is 1. The van der Waals surface area contributed by atoms with Crippen molar-refractivity contribution in [2.24, 2.45) is 0 Å². The number of Topliss-reactive ketones (excluding diaryl/α,β-unsaturated/α-hetero) is 1. The molecule has 1 fully saturated rings. The first-order chi connectivity index (χ1) is 5.44. The molecule has 0 amide bonds. The lowest BCUT2D eigenvalue weighted by Crippen LogP contribution is -2.53. The minimum atomic E-state index is -1.08. The average molecular weight is 172 g/mol. The Morgan fingerprint density at radius 1 is 1.58 bits per heavy atom. The lowest BCUT2D eigenvalue weighted by Gasteiger charge is -2.42. The molecule has 0 bridgehead atoms. The van der Waals surface area contributed by atoms with Crippen LogP contribution in [0.15, 0.2) is 0 Å². The van der Waals surface area contributed by atoms with Crippen molar-refractivity contribution in [3.63, 3.8) is 0 Å². The number of ether oxygens (including phenoxy) is 1. The topological polar surface area (TPSA) is 46.5 Å². The van der Waals surface area contributed by atoms with E-state index in [9.17, 15) is 9.90 Å². The van der Waals surface area contributed by atoms with Crippen molar-refractivity contribution >= 4 is 5.78 Å². The summed E-state index contributed by atoms with van der Waals surface area (Å²) >= 11 is 0. The minimum absolute atomic E-state index is 0.0684. The maximum absolute atomic E-state index is 10.9. The third-order valence-corrected chi connectivity index (χ3v) is 2.25. The fourth-order valence-corrected chi connectivity index (χ4v) is 1.46. The molecule has 0 unspecified atom stereocenters. The predicted molar refractivity (Wildman–Crippen MR) is 44.9 cm³/mol. The van der Waals surface area contributed by atoms with Crippen LogP contribution >= 0.6 is 0 Å². The van der Waals surface area contributed by atoms with Crippen LogP contribution in [0.5, 0.6) is 0 Å². The zero-order chi connectivity index (χ0) is 9.35. The van der Waals surface area contributed by atoms with Crippen LogP contribution in [0.2, 0.25) is 0 Å². The van der Waals surface area contributed by atoms with E-state index in [1.54, 1.807) is 0 Å². The maximum Gasteiger partial charge on any atom is 0.161 e. The summed E-state index contributed by atoms with van der Waals surface area (Å²) in [5.41, 5.74) is -1.08. The van der Waals surface area contributed by atoms with Gasteiger partial charge in [-0.25, -0.2) is 0 Å². The number of ketones is 1. The normalized spacial score (nSPS) is 34.9. The zero-order valence-corrected chi connectivity index (χ0v) is 7.83. The Morgan fingerprint density at radius 3 is 2.42 bits per heavy atom. The molecule has 0 aliphatic heterocycles. The Bertz CT molecular complexity index is 180. The first-order valence-corrected chi connectivity index (χ1v) is 4.33. The van der Waals surface area contributed by atoms with E-state index in [1.807, 2.05) is 13.8 Å². The minimum Gasteiger partial charge on any atom is -0.382 e. The fourth-order valence-electron chi connectivity index (χ4n) is 1.46. The van der Waals surface area contributed by atoms with E-state index in [0.717, 1.165) is 0 Å². The molecule has 0 aromatic rings. The highest BCUT2D eigenvalue weighted by atomic mass is 16.5. The van der Waals surface area contributed by atoms with Crippen LogP contribution in [0.25, 0.3) is 0 Å². The van der Waals surface area contributed by atoms with E-state index >= 15 is 0 Å². The third-order valence-electron chi connectivity index (χ3n) is 2.25. The van der Waals surface area contributed by atoms with Gasteiger partial charge in [0.15, 0.2) is 5.78 Å². The van der Waals surface area contributed by atoms with E-state index < -0.39 is 5.60 Å². The smallest absolute Gasteiger partial charge is 0.161 e. The second-order valence-corrected chi connectivity index (χ2v) is 3.80. The van der Waals surface area contributed by atoms with Crippen molar-refractivity contribution in [3.8, 4) is 0 Å². The number of carbonyl (C=O) groups is 1. The van der Waals surface area contributed by atoms with Gasteiger partial charge >= 0.3 is 0 Å². The Morgan fingerprint density at radius 2 is 2.08 bits per heavy atom. The van der Waals surface area contributed by atoms with Crippen LogP contribution in [0.3, 0.4) is 0 Å². The molecule has 1 N–H and O–H groups in total. The van der Waals surface area contributed by atoms with Gasteiger partial charge in [0.1, 0.15) is 5.60 Å². The molecule has 3 heteroatoms. The van der Waals surface area contributed by atoms with Crippen LogP contribution in [0.4, 0.5) is 0 Å². The number of hydrogen-bond acceptors (Lipinski definition) is 3. The highest BCUT2D eigenvalue weighted by molar-refractivity contribution is 5.85. The SMILES string of the molecule is CC(=O)C1(O)CC(OC(C)C)C1.